The van der Waals surface area contributed by atoms with Crippen LogP contribution in [0.4, 0.5) is 0 Å². The number of rotatable bonds is 60. The molecule has 0 heterocycles. The maximum absolute atomic E-state index is 12.5. The minimum atomic E-state index is -0.847. The summed E-state index contributed by atoms with van der Waals surface area (Å²) in [5.41, 5.74) is 0. The SMILES string of the molecule is CCCCCCC/C=C\CCCCCCCC(=O)OCCCCCCCCCCC/C=C\C/C=C\CCCCCCCCCCCCCC(=O)NC(CO)C(O)/C=C/CCCCCCCCCCCCCCC. The standard InChI is InChI=1S/C67H125NO5/c1-3-5-7-9-11-13-15-17-32-35-39-43-47-51-55-59-65(70)64(63-69)68-66(71)60-56-52-48-44-40-36-33-30-28-26-24-22-20-19-21-23-25-27-29-31-34-38-42-46-50-54-58-62-73-67(72)61-57-53-49-45-41-37-18-16-14-12-10-8-6-4-2/h16,18-20,23,25,55,59,64-65,69-70H,3-15,17,21-22,24,26-54,56-58,60-63H2,1-2H3,(H,68,71)/b18-16-,20-19-,25-23-,59-55+. The normalized spacial score (nSPS) is 12.9. The molecule has 0 saturated heterocycles. The molecule has 2 unspecified atom stereocenters. The van der Waals surface area contributed by atoms with E-state index in [1.54, 1.807) is 6.08 Å². The van der Waals surface area contributed by atoms with Gasteiger partial charge in [0.25, 0.3) is 0 Å². The van der Waals surface area contributed by atoms with Gasteiger partial charge < -0.3 is 20.3 Å². The monoisotopic (exact) mass is 1020 g/mol. The van der Waals surface area contributed by atoms with E-state index in [-0.39, 0.29) is 18.5 Å². The molecule has 73 heavy (non-hydrogen) atoms. The van der Waals surface area contributed by atoms with Crippen molar-refractivity contribution in [3.05, 3.63) is 48.6 Å². The molecule has 0 fully saturated rings. The maximum Gasteiger partial charge on any atom is 0.305 e. The Morgan fingerprint density at radius 1 is 0.384 bits per heavy atom. The van der Waals surface area contributed by atoms with E-state index in [0.717, 1.165) is 51.4 Å². The van der Waals surface area contributed by atoms with E-state index in [9.17, 15) is 19.8 Å². The highest BCUT2D eigenvalue weighted by atomic mass is 16.5. The largest absolute Gasteiger partial charge is 0.466 e. The van der Waals surface area contributed by atoms with E-state index in [1.807, 2.05) is 6.08 Å². The molecule has 6 nitrogen and oxygen atoms in total. The summed E-state index contributed by atoms with van der Waals surface area (Å²) in [6.07, 6.45) is 80.2. The summed E-state index contributed by atoms with van der Waals surface area (Å²) >= 11 is 0. The molecule has 0 aromatic heterocycles. The maximum atomic E-state index is 12.5. The molecule has 6 heteroatoms. The fourth-order valence-electron chi connectivity index (χ4n) is 9.84. The third kappa shape index (κ3) is 58.9. The Balaban J connectivity index is 3.44. The van der Waals surface area contributed by atoms with Gasteiger partial charge in [-0.25, -0.2) is 0 Å². The number of nitrogens with one attached hydrogen (secondary N) is 1. The summed E-state index contributed by atoms with van der Waals surface area (Å²) in [5.74, 6) is -0.0688. The number of carbonyl (C=O) groups excluding carboxylic acids is 2. The zero-order valence-corrected chi connectivity index (χ0v) is 48.9. The minimum absolute atomic E-state index is 0.00148. The summed E-state index contributed by atoms with van der Waals surface area (Å²) in [6.45, 7) is 4.90. The first-order chi connectivity index (χ1) is 36.0. The third-order valence-electron chi connectivity index (χ3n) is 14.8. The average molecular weight is 1020 g/mol. The lowest BCUT2D eigenvalue weighted by molar-refractivity contribution is -0.143. The van der Waals surface area contributed by atoms with Crippen LogP contribution in [0, 0.1) is 0 Å². The number of ether oxygens (including phenoxy) is 1. The fourth-order valence-corrected chi connectivity index (χ4v) is 9.84. The molecule has 3 N–H and O–H groups in total. The van der Waals surface area contributed by atoms with Crippen LogP contribution in [0.1, 0.15) is 341 Å². The molecular weight excluding hydrogens is 899 g/mol. The summed E-state index contributed by atoms with van der Waals surface area (Å²) < 4.78 is 5.47. The molecule has 0 aromatic rings. The van der Waals surface area contributed by atoms with Crippen LogP contribution in [-0.2, 0) is 14.3 Å². The van der Waals surface area contributed by atoms with E-state index >= 15 is 0 Å². The van der Waals surface area contributed by atoms with Crippen LogP contribution in [0.2, 0.25) is 0 Å². The first-order valence-electron chi connectivity index (χ1n) is 32.4. The van der Waals surface area contributed by atoms with Gasteiger partial charge in [0.2, 0.25) is 5.91 Å². The van der Waals surface area contributed by atoms with Crippen molar-refractivity contribution < 1.29 is 24.5 Å². The van der Waals surface area contributed by atoms with Crippen molar-refractivity contribution in [1.29, 1.82) is 0 Å². The zero-order chi connectivity index (χ0) is 52.9. The van der Waals surface area contributed by atoms with Gasteiger partial charge in [-0.05, 0) is 89.9 Å². The van der Waals surface area contributed by atoms with Gasteiger partial charge in [-0.3, -0.25) is 9.59 Å². The number of aliphatic hydroxyl groups excluding tert-OH is 2. The van der Waals surface area contributed by atoms with Crippen molar-refractivity contribution in [3.8, 4) is 0 Å². The summed E-state index contributed by atoms with van der Waals surface area (Å²) in [5, 5.41) is 23.1. The van der Waals surface area contributed by atoms with Gasteiger partial charge in [0, 0.05) is 12.8 Å². The van der Waals surface area contributed by atoms with Gasteiger partial charge in [-0.15, -0.1) is 0 Å². The topological polar surface area (TPSA) is 95.9 Å². The van der Waals surface area contributed by atoms with Crippen LogP contribution in [-0.4, -0.2) is 47.4 Å². The smallest absolute Gasteiger partial charge is 0.305 e. The van der Waals surface area contributed by atoms with Crippen LogP contribution >= 0.6 is 0 Å². The Morgan fingerprint density at radius 3 is 1.05 bits per heavy atom. The summed E-state index contributed by atoms with van der Waals surface area (Å²) in [7, 11) is 0. The molecule has 0 spiro atoms. The highest BCUT2D eigenvalue weighted by molar-refractivity contribution is 5.76. The van der Waals surface area contributed by atoms with E-state index < -0.39 is 12.1 Å². The fraction of sp³-hybridized carbons (Fsp3) is 0.851. The van der Waals surface area contributed by atoms with Crippen molar-refractivity contribution in [2.24, 2.45) is 0 Å². The molecule has 0 aliphatic carbocycles. The Morgan fingerprint density at radius 2 is 0.685 bits per heavy atom. The molecule has 0 rings (SSSR count). The molecule has 0 radical (unpaired) electrons. The highest BCUT2D eigenvalue weighted by Crippen LogP contribution is 2.17. The van der Waals surface area contributed by atoms with Crippen LogP contribution in [0.3, 0.4) is 0 Å². The summed E-state index contributed by atoms with van der Waals surface area (Å²) in [4.78, 5) is 24.5. The zero-order valence-electron chi connectivity index (χ0n) is 48.9. The average Bonchev–Trinajstić information content (AvgIpc) is 3.39. The van der Waals surface area contributed by atoms with Crippen molar-refractivity contribution in [2.45, 2.75) is 353 Å². The van der Waals surface area contributed by atoms with Crippen LogP contribution in [0.25, 0.3) is 0 Å². The van der Waals surface area contributed by atoms with Crippen LogP contribution in [0.15, 0.2) is 48.6 Å². The van der Waals surface area contributed by atoms with Gasteiger partial charge in [-0.2, -0.15) is 0 Å². The molecular formula is C67H125NO5. The lowest BCUT2D eigenvalue weighted by Gasteiger charge is -2.20. The van der Waals surface area contributed by atoms with Crippen molar-refractivity contribution in [2.75, 3.05) is 13.2 Å². The lowest BCUT2D eigenvalue weighted by Crippen LogP contribution is -2.45. The van der Waals surface area contributed by atoms with Crippen molar-refractivity contribution in [3.63, 3.8) is 0 Å². The Hall–Kier alpha value is -2.18. The quantitative estimate of drug-likeness (QED) is 0.0320. The molecule has 1 amide bonds. The van der Waals surface area contributed by atoms with E-state index in [0.29, 0.717) is 19.4 Å². The van der Waals surface area contributed by atoms with Gasteiger partial charge in [-0.1, -0.05) is 287 Å². The second kappa shape index (κ2) is 62.4. The van der Waals surface area contributed by atoms with Crippen molar-refractivity contribution in [1.82, 2.24) is 5.32 Å². The second-order valence-electron chi connectivity index (χ2n) is 22.1. The van der Waals surface area contributed by atoms with Gasteiger partial charge in [0.15, 0.2) is 0 Å². The molecule has 428 valence electrons. The van der Waals surface area contributed by atoms with Crippen molar-refractivity contribution >= 4 is 11.9 Å². The number of hydrogen-bond acceptors (Lipinski definition) is 5. The first-order valence-corrected chi connectivity index (χ1v) is 32.4. The number of aliphatic hydroxyl groups is 2. The van der Waals surface area contributed by atoms with Gasteiger partial charge in [0.05, 0.1) is 25.4 Å². The number of carbonyl (C=O) groups is 2. The van der Waals surface area contributed by atoms with E-state index in [1.165, 1.54) is 263 Å². The number of amides is 1. The molecule has 0 aliphatic heterocycles. The minimum Gasteiger partial charge on any atom is -0.466 e. The van der Waals surface area contributed by atoms with Crippen LogP contribution in [0.5, 0.6) is 0 Å². The number of esters is 1. The molecule has 0 saturated carbocycles. The van der Waals surface area contributed by atoms with Gasteiger partial charge >= 0.3 is 5.97 Å². The Labute approximate surface area is 455 Å². The van der Waals surface area contributed by atoms with Crippen LogP contribution < -0.4 is 5.32 Å². The Bertz CT molecular complexity index is 1230. The summed E-state index contributed by atoms with van der Waals surface area (Å²) in [6, 6.07) is -0.631. The molecule has 2 atom stereocenters. The predicted molar refractivity (Wildman–Crippen MR) is 319 cm³/mol. The van der Waals surface area contributed by atoms with E-state index in [4.69, 9.17) is 4.74 Å². The number of allylic oxidation sites excluding steroid dienone is 7. The first kappa shape index (κ1) is 70.8. The highest BCUT2D eigenvalue weighted by Gasteiger charge is 2.18. The Kier molecular flexibility index (Phi) is 60.5. The molecule has 0 aliphatic rings. The van der Waals surface area contributed by atoms with Gasteiger partial charge in [0.1, 0.15) is 0 Å². The number of unbranched alkanes of at least 4 members (excludes halogenated alkanes) is 43. The third-order valence-corrected chi connectivity index (χ3v) is 14.8. The lowest BCUT2D eigenvalue weighted by atomic mass is 10.0. The molecule has 0 bridgehead atoms. The molecule has 0 aromatic carbocycles. The van der Waals surface area contributed by atoms with E-state index in [2.05, 4.69) is 55.6 Å². The number of hydrogen-bond donors (Lipinski definition) is 3. The predicted octanol–water partition coefficient (Wildman–Crippen LogP) is 20.5. The second-order valence-corrected chi connectivity index (χ2v) is 22.1.